The normalized spacial score (nSPS) is 12.4. The zero-order chi connectivity index (χ0) is 11.5. The number of benzene rings is 1. The van der Waals surface area contributed by atoms with E-state index in [0.717, 1.165) is 16.7 Å². The fraction of sp³-hybridized carbons (Fsp3) is 0.154. The Hall–Kier alpha value is -1.45. The monoisotopic (exact) mass is 231 g/mol. The van der Waals surface area contributed by atoms with Gasteiger partial charge in [-0.1, -0.05) is 42.5 Å². The summed E-state index contributed by atoms with van der Waals surface area (Å²) in [5.41, 5.74) is 2.69. The van der Waals surface area contributed by atoms with Gasteiger partial charge < -0.3 is 10.1 Å². The number of nitrogens with one attached hydrogen (secondary N) is 1. The van der Waals surface area contributed by atoms with Gasteiger partial charge in [-0.25, -0.2) is 0 Å². The highest BCUT2D eigenvalue weighted by Crippen LogP contribution is 2.21. The Labute approximate surface area is 99.6 Å². The molecule has 82 valence electrons. The lowest BCUT2D eigenvalue weighted by Crippen LogP contribution is -2.00. The van der Waals surface area contributed by atoms with Gasteiger partial charge in [0, 0.05) is 11.8 Å². The molecule has 2 N–H and O–H groups in total. The number of hydrogen-bond donors (Lipinski definition) is 2. The molecule has 2 aromatic rings. The first-order valence-corrected chi connectivity index (χ1v) is 5.51. The van der Waals surface area contributed by atoms with Crippen LogP contribution in [0.3, 0.4) is 0 Å². The third kappa shape index (κ3) is 2.21. The SMILES string of the molecule is Cc1cc([C@H](O)c2ccccc2)c[nH]c1=S. The van der Waals surface area contributed by atoms with Crippen molar-refractivity contribution in [3.63, 3.8) is 0 Å². The van der Waals surface area contributed by atoms with E-state index < -0.39 is 6.10 Å². The molecule has 0 bridgehead atoms. The molecular weight excluding hydrogens is 218 g/mol. The van der Waals surface area contributed by atoms with Gasteiger partial charge >= 0.3 is 0 Å². The molecule has 0 aliphatic heterocycles. The Kier molecular flexibility index (Phi) is 3.17. The third-order valence-electron chi connectivity index (χ3n) is 2.54. The maximum absolute atomic E-state index is 10.2. The van der Waals surface area contributed by atoms with Crippen LogP contribution in [0.2, 0.25) is 0 Å². The van der Waals surface area contributed by atoms with Crippen molar-refractivity contribution in [1.82, 2.24) is 4.98 Å². The quantitative estimate of drug-likeness (QED) is 0.779. The molecule has 0 amide bonds. The standard InChI is InChI=1S/C13H13NOS/c1-9-7-11(8-14-13(9)16)12(15)10-5-3-2-4-6-10/h2-8,12,15H,1H3,(H,14,16)/t12-/m1/s1. The van der Waals surface area contributed by atoms with Gasteiger partial charge in [-0.3, -0.25) is 0 Å². The van der Waals surface area contributed by atoms with Gasteiger partial charge in [0.15, 0.2) is 0 Å². The van der Waals surface area contributed by atoms with E-state index in [0.29, 0.717) is 4.64 Å². The van der Waals surface area contributed by atoms with Crippen LogP contribution in [0.5, 0.6) is 0 Å². The highest BCUT2D eigenvalue weighted by atomic mass is 32.1. The lowest BCUT2D eigenvalue weighted by atomic mass is 10.0. The second-order valence-corrected chi connectivity index (χ2v) is 4.17. The molecule has 1 aromatic carbocycles. The Morgan fingerprint density at radius 1 is 1.19 bits per heavy atom. The second-order valence-electron chi connectivity index (χ2n) is 3.76. The molecule has 16 heavy (non-hydrogen) atoms. The van der Waals surface area contributed by atoms with Gasteiger partial charge in [-0.2, -0.15) is 0 Å². The summed E-state index contributed by atoms with van der Waals surface area (Å²) in [6.45, 7) is 1.93. The number of H-pyrrole nitrogens is 1. The van der Waals surface area contributed by atoms with Crippen LogP contribution >= 0.6 is 12.2 Å². The predicted molar refractivity (Wildman–Crippen MR) is 66.9 cm³/mol. The summed E-state index contributed by atoms with van der Waals surface area (Å²) in [5.74, 6) is 0. The minimum absolute atomic E-state index is 0.605. The number of aromatic nitrogens is 1. The zero-order valence-electron chi connectivity index (χ0n) is 8.97. The Balaban J connectivity index is 2.38. The van der Waals surface area contributed by atoms with Crippen molar-refractivity contribution in [2.24, 2.45) is 0 Å². The molecule has 0 saturated carbocycles. The number of aryl methyl sites for hydroxylation is 1. The van der Waals surface area contributed by atoms with Gasteiger partial charge in [0.2, 0.25) is 0 Å². The number of aliphatic hydroxyl groups excluding tert-OH is 1. The molecule has 2 rings (SSSR count). The van der Waals surface area contributed by atoms with Crippen LogP contribution in [0.25, 0.3) is 0 Å². The zero-order valence-corrected chi connectivity index (χ0v) is 9.79. The average Bonchev–Trinajstić information content (AvgIpc) is 2.33. The summed E-state index contributed by atoms with van der Waals surface area (Å²) >= 11 is 5.08. The topological polar surface area (TPSA) is 36.0 Å². The molecule has 2 nitrogen and oxygen atoms in total. The summed E-state index contributed by atoms with van der Waals surface area (Å²) in [6, 6.07) is 11.5. The minimum Gasteiger partial charge on any atom is -0.384 e. The molecule has 0 aliphatic rings. The average molecular weight is 231 g/mol. The number of hydrogen-bond acceptors (Lipinski definition) is 2. The van der Waals surface area contributed by atoms with Crippen LogP contribution in [0, 0.1) is 11.6 Å². The summed E-state index contributed by atoms with van der Waals surface area (Å²) in [5, 5.41) is 10.2. The highest BCUT2D eigenvalue weighted by molar-refractivity contribution is 7.71. The van der Waals surface area contributed by atoms with Crippen molar-refractivity contribution < 1.29 is 5.11 Å². The minimum atomic E-state index is -0.605. The smallest absolute Gasteiger partial charge is 0.106 e. The summed E-state index contributed by atoms with van der Waals surface area (Å²) in [4.78, 5) is 2.97. The van der Waals surface area contributed by atoms with Gasteiger partial charge in [-0.15, -0.1) is 0 Å². The van der Waals surface area contributed by atoms with Crippen LogP contribution in [0.15, 0.2) is 42.6 Å². The van der Waals surface area contributed by atoms with E-state index in [1.165, 1.54) is 0 Å². The summed E-state index contributed by atoms with van der Waals surface area (Å²) < 4.78 is 0.712. The molecule has 0 unspecified atom stereocenters. The first kappa shape index (κ1) is 11.0. The number of aliphatic hydroxyl groups is 1. The fourth-order valence-electron chi connectivity index (χ4n) is 1.61. The van der Waals surface area contributed by atoms with Crippen molar-refractivity contribution in [3.05, 3.63) is 63.9 Å². The van der Waals surface area contributed by atoms with Gasteiger partial charge in [0.1, 0.15) is 10.7 Å². The molecule has 0 aliphatic carbocycles. The van der Waals surface area contributed by atoms with E-state index >= 15 is 0 Å². The van der Waals surface area contributed by atoms with E-state index in [1.54, 1.807) is 6.20 Å². The van der Waals surface area contributed by atoms with Crippen LogP contribution in [0.4, 0.5) is 0 Å². The lowest BCUT2D eigenvalue weighted by Gasteiger charge is -2.11. The van der Waals surface area contributed by atoms with E-state index in [4.69, 9.17) is 12.2 Å². The van der Waals surface area contributed by atoms with Crippen molar-refractivity contribution in [1.29, 1.82) is 0 Å². The first-order chi connectivity index (χ1) is 7.68. The molecule has 0 fully saturated rings. The maximum atomic E-state index is 10.2. The van der Waals surface area contributed by atoms with Crippen molar-refractivity contribution in [2.75, 3.05) is 0 Å². The molecule has 0 spiro atoms. The van der Waals surface area contributed by atoms with Crippen LogP contribution in [-0.4, -0.2) is 10.1 Å². The predicted octanol–water partition coefficient (Wildman–Crippen LogP) is 3.13. The van der Waals surface area contributed by atoms with Gasteiger partial charge in [0.05, 0.1) is 0 Å². The lowest BCUT2D eigenvalue weighted by molar-refractivity contribution is 0.220. The molecule has 0 radical (unpaired) electrons. The van der Waals surface area contributed by atoms with Crippen LogP contribution in [0.1, 0.15) is 22.8 Å². The van der Waals surface area contributed by atoms with Crippen molar-refractivity contribution >= 4 is 12.2 Å². The fourth-order valence-corrected chi connectivity index (χ4v) is 1.72. The summed E-state index contributed by atoms with van der Waals surface area (Å²) in [6.07, 6.45) is 1.15. The Morgan fingerprint density at radius 2 is 1.88 bits per heavy atom. The Morgan fingerprint density at radius 3 is 2.50 bits per heavy atom. The number of aromatic amines is 1. The van der Waals surface area contributed by atoms with E-state index in [1.807, 2.05) is 43.3 Å². The molecule has 1 aromatic heterocycles. The van der Waals surface area contributed by atoms with E-state index in [2.05, 4.69) is 4.98 Å². The molecule has 1 atom stereocenters. The largest absolute Gasteiger partial charge is 0.384 e. The van der Waals surface area contributed by atoms with Gasteiger partial charge in [-0.05, 0) is 24.1 Å². The van der Waals surface area contributed by atoms with Gasteiger partial charge in [0.25, 0.3) is 0 Å². The molecule has 3 heteroatoms. The van der Waals surface area contributed by atoms with Crippen LogP contribution in [-0.2, 0) is 0 Å². The van der Waals surface area contributed by atoms with E-state index in [9.17, 15) is 5.11 Å². The van der Waals surface area contributed by atoms with Crippen LogP contribution < -0.4 is 0 Å². The number of pyridine rings is 1. The maximum Gasteiger partial charge on any atom is 0.106 e. The van der Waals surface area contributed by atoms with Crippen molar-refractivity contribution in [2.45, 2.75) is 13.0 Å². The molecule has 0 saturated heterocycles. The highest BCUT2D eigenvalue weighted by Gasteiger charge is 2.09. The molecular formula is C13H13NOS. The third-order valence-corrected chi connectivity index (χ3v) is 2.98. The Bertz CT molecular complexity index is 533. The summed E-state index contributed by atoms with van der Waals surface area (Å²) in [7, 11) is 0. The van der Waals surface area contributed by atoms with E-state index in [-0.39, 0.29) is 0 Å². The number of rotatable bonds is 2. The van der Waals surface area contributed by atoms with Crippen molar-refractivity contribution in [3.8, 4) is 0 Å². The first-order valence-electron chi connectivity index (χ1n) is 5.11. The second kappa shape index (κ2) is 4.60. The molecule has 1 heterocycles.